The summed E-state index contributed by atoms with van der Waals surface area (Å²) < 4.78 is 0. The van der Waals surface area contributed by atoms with Crippen molar-refractivity contribution >= 4 is 17.6 Å². The normalized spacial score (nSPS) is 24.1. The second-order valence-electron chi connectivity index (χ2n) is 4.04. The average Bonchev–Trinajstić information content (AvgIpc) is 2.26. The summed E-state index contributed by atoms with van der Waals surface area (Å²) in [6, 6.07) is 6.66. The predicted molar refractivity (Wildman–Crippen MR) is 62.7 cm³/mol. The van der Waals surface area contributed by atoms with Gasteiger partial charge in [-0.15, -0.1) is 0 Å². The van der Waals surface area contributed by atoms with Crippen LogP contribution in [0.1, 0.15) is 5.56 Å². The molecule has 0 spiro atoms. The summed E-state index contributed by atoms with van der Waals surface area (Å²) in [5, 5.41) is 4.67. The predicted octanol–water partition coefficient (Wildman–Crippen LogP) is -0.448. The number of carbonyl (C=O) groups is 2. The number of rotatable bonds is 2. The number of hydrogen-bond acceptors (Lipinski definition) is 4. The highest BCUT2D eigenvalue weighted by atomic mass is 16.2. The number of benzene rings is 1. The second kappa shape index (κ2) is 4.42. The van der Waals surface area contributed by atoms with E-state index >= 15 is 0 Å². The van der Waals surface area contributed by atoms with Gasteiger partial charge in [-0.1, -0.05) is 12.1 Å². The Morgan fingerprint density at radius 2 is 1.82 bits per heavy atom. The number of hydrogen-bond donors (Lipinski definition) is 4. The van der Waals surface area contributed by atoms with Gasteiger partial charge in [0, 0.05) is 5.69 Å². The Morgan fingerprint density at radius 3 is 2.41 bits per heavy atom. The average molecular weight is 234 g/mol. The van der Waals surface area contributed by atoms with Crippen molar-refractivity contribution in [2.75, 3.05) is 5.73 Å². The summed E-state index contributed by atoms with van der Waals surface area (Å²) in [4.78, 5) is 22.6. The van der Waals surface area contributed by atoms with Crippen LogP contribution in [0.4, 0.5) is 10.5 Å². The first-order valence-corrected chi connectivity index (χ1v) is 5.27. The Kier molecular flexibility index (Phi) is 2.97. The Morgan fingerprint density at radius 1 is 1.18 bits per heavy atom. The van der Waals surface area contributed by atoms with Crippen LogP contribution in [-0.2, 0) is 11.2 Å². The van der Waals surface area contributed by atoms with Crippen LogP contribution in [0.3, 0.4) is 0 Å². The molecule has 1 aliphatic heterocycles. The number of nitrogens with one attached hydrogen (secondary N) is 2. The highest BCUT2D eigenvalue weighted by Crippen LogP contribution is 2.14. The molecule has 0 saturated carbocycles. The van der Waals surface area contributed by atoms with Gasteiger partial charge in [0.05, 0.1) is 12.1 Å². The van der Waals surface area contributed by atoms with Gasteiger partial charge in [-0.3, -0.25) is 10.1 Å². The van der Waals surface area contributed by atoms with Crippen LogP contribution in [-0.4, -0.2) is 18.1 Å². The molecule has 1 heterocycles. The molecule has 2 atom stereocenters. The van der Waals surface area contributed by atoms with E-state index in [-0.39, 0.29) is 5.91 Å². The molecule has 0 aliphatic carbocycles. The van der Waals surface area contributed by atoms with E-state index in [1.54, 1.807) is 12.1 Å². The largest absolute Gasteiger partial charge is 0.399 e. The number of anilines is 1. The number of nitrogens with two attached hydrogens (primary N) is 2. The molecule has 6 heteroatoms. The summed E-state index contributed by atoms with van der Waals surface area (Å²) >= 11 is 0. The fourth-order valence-corrected chi connectivity index (χ4v) is 1.78. The maximum absolute atomic E-state index is 11.6. The van der Waals surface area contributed by atoms with Crippen LogP contribution < -0.4 is 22.1 Å². The molecule has 90 valence electrons. The van der Waals surface area contributed by atoms with Crippen molar-refractivity contribution in [3.63, 3.8) is 0 Å². The molecular weight excluding hydrogens is 220 g/mol. The van der Waals surface area contributed by atoms with E-state index in [0.29, 0.717) is 12.1 Å². The summed E-state index contributed by atoms with van der Waals surface area (Å²) in [5.41, 5.74) is 12.9. The molecule has 1 aliphatic rings. The summed E-state index contributed by atoms with van der Waals surface area (Å²) in [5.74, 6) is -0.811. The van der Waals surface area contributed by atoms with E-state index in [1.807, 2.05) is 12.1 Å². The number of nitrogen functional groups attached to an aromatic ring is 1. The number of carbonyl (C=O) groups excluding carboxylic acids is 2. The summed E-state index contributed by atoms with van der Waals surface area (Å²) in [6.45, 7) is 0. The Bertz CT molecular complexity index is 443. The molecule has 0 aromatic heterocycles. The number of amides is 3. The first-order valence-electron chi connectivity index (χ1n) is 5.27. The molecule has 3 amide bonds. The molecule has 1 fully saturated rings. The Balaban J connectivity index is 2.09. The molecule has 6 N–H and O–H groups in total. The molecule has 6 nitrogen and oxygen atoms in total. The van der Waals surface area contributed by atoms with Crippen LogP contribution in [0.25, 0.3) is 0 Å². The quantitative estimate of drug-likeness (QED) is 0.519. The van der Waals surface area contributed by atoms with Crippen molar-refractivity contribution in [1.29, 1.82) is 0 Å². The highest BCUT2D eigenvalue weighted by Gasteiger charge is 2.32. The van der Waals surface area contributed by atoms with E-state index < -0.39 is 18.1 Å². The maximum atomic E-state index is 11.6. The zero-order chi connectivity index (χ0) is 12.4. The Labute approximate surface area is 98.4 Å². The van der Waals surface area contributed by atoms with Crippen LogP contribution in [0.5, 0.6) is 0 Å². The minimum absolute atomic E-state index is 0.349. The molecule has 17 heavy (non-hydrogen) atoms. The highest BCUT2D eigenvalue weighted by molar-refractivity contribution is 5.98. The topological polar surface area (TPSA) is 110 Å². The minimum atomic E-state index is -0.659. The van der Waals surface area contributed by atoms with Crippen molar-refractivity contribution in [1.82, 2.24) is 10.6 Å². The van der Waals surface area contributed by atoms with Gasteiger partial charge in [0.15, 0.2) is 0 Å². The van der Waals surface area contributed by atoms with Gasteiger partial charge in [0.2, 0.25) is 5.91 Å². The first kappa shape index (κ1) is 11.4. The molecule has 2 unspecified atom stereocenters. The van der Waals surface area contributed by atoms with Crippen LogP contribution in [0, 0.1) is 5.92 Å². The van der Waals surface area contributed by atoms with Crippen molar-refractivity contribution in [2.24, 2.45) is 11.7 Å². The lowest BCUT2D eigenvalue weighted by molar-refractivity contribution is -0.125. The van der Waals surface area contributed by atoms with Gasteiger partial charge < -0.3 is 16.8 Å². The molecular formula is C11H14N4O2. The first-order chi connectivity index (χ1) is 8.06. The minimum Gasteiger partial charge on any atom is -0.399 e. The molecule has 1 aromatic rings. The van der Waals surface area contributed by atoms with Gasteiger partial charge in [-0.25, -0.2) is 4.79 Å². The molecule has 0 bridgehead atoms. The van der Waals surface area contributed by atoms with Crippen molar-refractivity contribution in [2.45, 2.75) is 12.6 Å². The fourth-order valence-electron chi connectivity index (χ4n) is 1.78. The maximum Gasteiger partial charge on any atom is 0.322 e. The van der Waals surface area contributed by atoms with Gasteiger partial charge in [-0.2, -0.15) is 0 Å². The zero-order valence-corrected chi connectivity index (χ0v) is 9.14. The lowest BCUT2D eigenvalue weighted by Gasteiger charge is -2.28. The van der Waals surface area contributed by atoms with Gasteiger partial charge >= 0.3 is 6.03 Å². The molecule has 0 radical (unpaired) electrons. The van der Waals surface area contributed by atoms with E-state index in [4.69, 9.17) is 11.5 Å². The van der Waals surface area contributed by atoms with Gasteiger partial charge in [0.1, 0.15) is 0 Å². The lowest BCUT2D eigenvalue weighted by Crippen LogP contribution is -2.62. The van der Waals surface area contributed by atoms with E-state index in [0.717, 1.165) is 5.56 Å². The molecule has 2 rings (SSSR count). The van der Waals surface area contributed by atoms with E-state index in [1.165, 1.54) is 0 Å². The van der Waals surface area contributed by atoms with Crippen molar-refractivity contribution < 1.29 is 9.59 Å². The number of urea groups is 1. The molecule has 1 saturated heterocycles. The van der Waals surface area contributed by atoms with Gasteiger partial charge in [0.25, 0.3) is 0 Å². The summed E-state index contributed by atoms with van der Waals surface area (Å²) in [7, 11) is 0. The lowest BCUT2D eigenvalue weighted by atomic mass is 9.94. The third-order valence-electron chi connectivity index (χ3n) is 2.74. The SMILES string of the molecule is Nc1ccc(CC2C(=O)NC(=O)NC2N)cc1. The van der Waals surface area contributed by atoms with Crippen molar-refractivity contribution in [3.8, 4) is 0 Å². The summed E-state index contributed by atoms with van der Waals surface area (Å²) in [6.07, 6.45) is -0.193. The molecule has 1 aromatic carbocycles. The van der Waals surface area contributed by atoms with E-state index in [2.05, 4.69) is 10.6 Å². The monoisotopic (exact) mass is 234 g/mol. The smallest absolute Gasteiger partial charge is 0.322 e. The number of imide groups is 1. The second-order valence-corrected chi connectivity index (χ2v) is 4.04. The third-order valence-corrected chi connectivity index (χ3v) is 2.74. The van der Waals surface area contributed by atoms with Crippen LogP contribution in [0.15, 0.2) is 24.3 Å². The van der Waals surface area contributed by atoms with Crippen LogP contribution >= 0.6 is 0 Å². The van der Waals surface area contributed by atoms with Crippen LogP contribution in [0.2, 0.25) is 0 Å². The van der Waals surface area contributed by atoms with E-state index in [9.17, 15) is 9.59 Å². The van der Waals surface area contributed by atoms with Gasteiger partial charge in [-0.05, 0) is 24.1 Å². The zero-order valence-electron chi connectivity index (χ0n) is 9.14. The van der Waals surface area contributed by atoms with Crippen molar-refractivity contribution in [3.05, 3.63) is 29.8 Å². The standard InChI is InChI=1S/C11H14N4O2/c12-7-3-1-6(2-4-7)5-8-9(13)14-11(17)15-10(8)16/h1-4,8-9H,5,12-13H2,(H2,14,15,16,17). The third kappa shape index (κ3) is 2.54. The Hall–Kier alpha value is -2.08. The fraction of sp³-hybridized carbons (Fsp3) is 0.273.